The van der Waals surface area contributed by atoms with E-state index in [1.165, 1.54) is 0 Å². The summed E-state index contributed by atoms with van der Waals surface area (Å²) >= 11 is 12.6. The molecule has 0 amide bonds. The van der Waals surface area contributed by atoms with Crippen LogP contribution >= 0.6 is 76.2 Å². The van der Waals surface area contributed by atoms with Crippen molar-refractivity contribution < 1.29 is 1.63 Å². The van der Waals surface area contributed by atoms with Gasteiger partial charge in [0.25, 0.3) is 0 Å². The van der Waals surface area contributed by atoms with Crippen LogP contribution in [0.1, 0.15) is 0 Å². The number of rotatable bonds is 0. The van der Waals surface area contributed by atoms with E-state index in [9.17, 15) is 0 Å². The molecule has 0 aromatic carbocycles. The Hall–Kier alpha value is 4.88. The Bertz CT molecular complexity index is 37.1. The Morgan fingerprint density at radius 2 is 0.667 bits per heavy atom. The van der Waals surface area contributed by atoms with Crippen LogP contribution in [-0.4, -0.2) is 0 Å². The summed E-state index contributed by atoms with van der Waals surface area (Å²) < 4.78 is -1.55. The maximum atomic E-state index is 2.53. The molecule has 0 rings (SSSR count). The molecule has 6 heteroatoms. The van der Waals surface area contributed by atoms with E-state index in [1.54, 1.807) is 0 Å². The molecule has 0 heterocycles. The Kier molecular flexibility index (Phi) is 6.39. The summed E-state index contributed by atoms with van der Waals surface area (Å²) in [5, 5.41) is 0. The molecule has 0 spiro atoms. The van der Waals surface area contributed by atoms with E-state index in [0.717, 1.165) is 0 Å². The van der Waals surface area contributed by atoms with E-state index >= 15 is 0 Å². The normalized spacial score (nSPS) is 19.2. The molecule has 0 aromatic rings. The van der Waals surface area contributed by atoms with Gasteiger partial charge in [0.1, 0.15) is 0 Å². The molecule has 0 unspecified atom stereocenters. The average molecular weight is 803 g/mol. The molecule has 6 heavy (non-hydrogen) atoms. The Morgan fingerprint density at radius 1 is 0.667 bits per heavy atom. The van der Waals surface area contributed by atoms with Gasteiger partial charge < -0.3 is 0 Å². The zero-order valence-electron chi connectivity index (χ0n) is 2.17. The van der Waals surface area contributed by atoms with Gasteiger partial charge in [-0.05, 0) is 0 Å². The molecular weight excluding hydrogens is 803 g/mol. The average Bonchev–Trinajstić information content (AvgIpc) is 0.650. The third kappa shape index (κ3) is 23.2. The second kappa shape index (κ2) is 3.52. The van der Waals surface area contributed by atoms with Crippen LogP contribution in [0.2, 0.25) is 0 Å². The monoisotopic (exact) mass is 803 g/mol. The van der Waals surface area contributed by atoms with Crippen LogP contribution in [0, 0.1) is 1.63 Å². The summed E-state index contributed by atoms with van der Waals surface area (Å²) in [6, 6.07) is 0. The van der Waals surface area contributed by atoms with Crippen molar-refractivity contribution >= 4 is 76.2 Å². The summed E-state index contributed by atoms with van der Waals surface area (Å²) in [5.41, 5.74) is 0. The van der Waals surface area contributed by atoms with Gasteiger partial charge in [0, 0.05) is 0 Å². The van der Waals surface area contributed by atoms with E-state index in [-0.39, 0.29) is 0 Å². The van der Waals surface area contributed by atoms with Crippen LogP contribution < -0.4 is 0 Å². The second-order valence-corrected chi connectivity index (χ2v) is 132. The van der Waals surface area contributed by atoms with Gasteiger partial charge in [-0.2, -0.15) is 0 Å². The Morgan fingerprint density at radius 3 is 0.667 bits per heavy atom. The quantitative estimate of drug-likeness (QED) is 0.319. The van der Waals surface area contributed by atoms with Gasteiger partial charge in [0.15, 0.2) is 0 Å². The maximum absolute atomic E-state index is 2.53. The van der Waals surface area contributed by atoms with E-state index in [2.05, 4.69) is 76.2 Å². The fourth-order valence-electron chi connectivity index (χ4n) is 0. The molecule has 0 saturated carbocycles. The van der Waals surface area contributed by atoms with E-state index < -0.39 is 1.63 Å². The fourth-order valence-corrected chi connectivity index (χ4v) is 0. The van der Waals surface area contributed by atoms with Gasteiger partial charge in [-0.25, -0.2) is 0 Å². The van der Waals surface area contributed by atoms with Gasteiger partial charge in [0.2, 0.25) is 0 Å². The molecule has 0 atom stereocenters. The van der Waals surface area contributed by atoms with Crippen LogP contribution in [0.3, 0.4) is 0 Å². The van der Waals surface area contributed by atoms with Crippen molar-refractivity contribution in [2.24, 2.45) is 0 Å². The molecule has 0 aliphatic rings. The van der Waals surface area contributed by atoms with Gasteiger partial charge in [-0.3, -0.25) is 0 Å². The van der Waals surface area contributed by atoms with Crippen molar-refractivity contribution in [3.05, 3.63) is 0 Å². The van der Waals surface area contributed by atoms with Crippen molar-refractivity contribution in [3.8, 4) is 0 Å². The van der Waals surface area contributed by atoms with E-state index in [1.807, 2.05) is 0 Å². The van der Waals surface area contributed by atoms with Gasteiger partial charge in [0.05, 0.1) is 0 Å². The van der Waals surface area contributed by atoms with Gasteiger partial charge >= 0.3 is 77.8 Å². The molecule has 0 radical (unpaired) electrons. The zero-order chi connectivity index (χ0) is 5.45. The Labute approximate surface area is 73.4 Å². The number of halogens is 5. The van der Waals surface area contributed by atoms with Crippen molar-refractivity contribution in [3.63, 3.8) is 0 Å². The summed E-state index contributed by atoms with van der Waals surface area (Å²) in [6.45, 7) is 0. The van der Waals surface area contributed by atoms with Crippen molar-refractivity contribution in [2.75, 3.05) is 0 Å². The van der Waals surface area contributed by atoms with E-state index in [0.29, 0.717) is 0 Å². The second-order valence-electron chi connectivity index (χ2n) is 0.396. The molecule has 0 nitrogen and oxygen atoms in total. The SMILES string of the molecule is [I][Tm]([I])([I])([I])[I]. The van der Waals surface area contributed by atoms with Crippen LogP contribution in [-0.2, 0) is 0 Å². The first-order valence-electron chi connectivity index (χ1n) is 0.524. The summed E-state index contributed by atoms with van der Waals surface area (Å²) in [7, 11) is 0. The topological polar surface area (TPSA) is 0 Å². The van der Waals surface area contributed by atoms with Crippen LogP contribution in [0.4, 0.5) is 0 Å². The van der Waals surface area contributed by atoms with Gasteiger partial charge in [-0.15, -0.1) is 0 Å². The predicted molar refractivity (Wildman–Crippen MR) is 70.1 cm³/mol. The Balaban J connectivity index is 3.73. The molecule has 0 aliphatic carbocycles. The number of hydrogen-bond donors (Lipinski definition) is 0. The van der Waals surface area contributed by atoms with Crippen molar-refractivity contribution in [2.45, 2.75) is 0 Å². The molecule has 0 saturated heterocycles. The van der Waals surface area contributed by atoms with Crippen molar-refractivity contribution in [1.82, 2.24) is 0 Å². The summed E-state index contributed by atoms with van der Waals surface area (Å²) in [6.07, 6.45) is 0. The molecule has 0 aromatic heterocycles. The van der Waals surface area contributed by atoms with E-state index in [4.69, 9.17) is 0 Å². The minimum atomic E-state index is -1.55. The molecule has 0 bridgehead atoms. The van der Waals surface area contributed by atoms with Crippen LogP contribution in [0.5, 0.6) is 0 Å². The first-order valence-corrected chi connectivity index (χ1v) is 26.1. The van der Waals surface area contributed by atoms with Crippen LogP contribution in [0.25, 0.3) is 0 Å². The minimum absolute atomic E-state index is 1.55. The molecular formula is I5Tm. The third-order valence-corrected chi connectivity index (χ3v) is 0. The predicted octanol–water partition coefficient (Wildman–Crippen LogP) is 4.43. The van der Waals surface area contributed by atoms with Gasteiger partial charge in [-0.1, -0.05) is 0 Å². The van der Waals surface area contributed by atoms with Crippen LogP contribution in [0.15, 0.2) is 0 Å². The summed E-state index contributed by atoms with van der Waals surface area (Å²) in [5.74, 6) is 0. The fraction of sp³-hybridized carbons (Fsp3) is 0. The first kappa shape index (κ1) is 10.9. The standard InChI is InChI=1S/5HI.Tm/h5*1H;/q;;;;;+5/p-5. The summed E-state index contributed by atoms with van der Waals surface area (Å²) in [4.78, 5) is 0. The first-order chi connectivity index (χ1) is 2.24. The molecule has 48 valence electrons. The molecule has 0 fully saturated rings. The zero-order valence-corrected chi connectivity index (χ0v) is 14.7. The molecule has 0 aliphatic heterocycles. The van der Waals surface area contributed by atoms with Crippen molar-refractivity contribution in [1.29, 1.82) is 0 Å². The third-order valence-electron chi connectivity index (χ3n) is 0. The number of hydrogen-bond acceptors (Lipinski definition) is 0. The molecule has 0 N–H and O–H groups in total.